The predicted octanol–water partition coefficient (Wildman–Crippen LogP) is 2.45. The fraction of sp³-hybridized carbons (Fsp3) is 0.0667. The van der Waals surface area contributed by atoms with E-state index in [2.05, 4.69) is 20.1 Å². The van der Waals surface area contributed by atoms with Gasteiger partial charge in [-0.15, -0.1) is 0 Å². The summed E-state index contributed by atoms with van der Waals surface area (Å²) >= 11 is 0. The van der Waals surface area contributed by atoms with E-state index in [-0.39, 0.29) is 5.82 Å². The maximum Gasteiger partial charge on any atom is 0.168 e. The molecule has 22 heavy (non-hydrogen) atoms. The molecule has 4 rings (SSSR count). The van der Waals surface area contributed by atoms with E-state index in [4.69, 9.17) is 0 Å². The topological polar surface area (TPSA) is 61.4 Å². The third kappa shape index (κ3) is 1.86. The highest BCUT2D eigenvalue weighted by Crippen LogP contribution is 2.21. The molecule has 0 bridgehead atoms. The maximum absolute atomic E-state index is 13.4. The van der Waals surface area contributed by atoms with Crippen molar-refractivity contribution in [2.75, 3.05) is 0 Å². The van der Waals surface area contributed by atoms with Gasteiger partial charge >= 0.3 is 0 Å². The lowest BCUT2D eigenvalue weighted by molar-refractivity contribution is 0.625. The second-order valence-electron chi connectivity index (χ2n) is 4.82. The van der Waals surface area contributed by atoms with Gasteiger partial charge in [0.15, 0.2) is 11.5 Å². The molecule has 0 spiro atoms. The first-order chi connectivity index (χ1) is 10.7. The number of aromatic nitrogens is 6. The number of halogens is 1. The molecule has 0 aliphatic heterocycles. The minimum Gasteiger partial charge on any atom is -0.287 e. The van der Waals surface area contributed by atoms with E-state index >= 15 is 0 Å². The molecule has 0 amide bonds. The zero-order valence-corrected chi connectivity index (χ0v) is 11.7. The molecular formula is C15H11FN6. The molecule has 0 radical (unpaired) electrons. The van der Waals surface area contributed by atoms with E-state index in [1.54, 1.807) is 29.2 Å². The van der Waals surface area contributed by atoms with Gasteiger partial charge in [0.2, 0.25) is 0 Å². The number of aryl methyl sites for hydroxylation is 1. The Bertz CT molecular complexity index is 971. The quantitative estimate of drug-likeness (QED) is 0.569. The molecule has 3 heterocycles. The highest BCUT2D eigenvalue weighted by atomic mass is 19.1. The van der Waals surface area contributed by atoms with Crippen molar-refractivity contribution in [2.45, 2.75) is 6.92 Å². The van der Waals surface area contributed by atoms with Crippen molar-refractivity contribution in [3.8, 4) is 11.5 Å². The van der Waals surface area contributed by atoms with Crippen LogP contribution in [0.4, 0.5) is 4.39 Å². The summed E-state index contributed by atoms with van der Waals surface area (Å²) in [5.41, 5.74) is 1.23. The monoisotopic (exact) mass is 294 g/mol. The number of hydrogen-bond donors (Lipinski definition) is 0. The van der Waals surface area contributed by atoms with Crippen LogP contribution in [0.15, 0.2) is 49.2 Å². The smallest absolute Gasteiger partial charge is 0.168 e. The molecule has 7 heteroatoms. The molecule has 0 N–H and O–H groups in total. The van der Waals surface area contributed by atoms with Crippen LogP contribution >= 0.6 is 0 Å². The molecule has 6 nitrogen and oxygen atoms in total. The lowest BCUT2D eigenvalue weighted by Crippen LogP contribution is -2.02. The summed E-state index contributed by atoms with van der Waals surface area (Å²) in [6.07, 6.45) is 6.68. The average molecular weight is 294 g/mol. The van der Waals surface area contributed by atoms with Crippen LogP contribution in [0.3, 0.4) is 0 Å². The lowest BCUT2D eigenvalue weighted by Gasteiger charge is -2.06. The first-order valence-electron chi connectivity index (χ1n) is 6.69. The van der Waals surface area contributed by atoms with Gasteiger partial charge in [-0.2, -0.15) is 5.10 Å². The lowest BCUT2D eigenvalue weighted by atomic mass is 10.3. The van der Waals surface area contributed by atoms with E-state index in [0.717, 1.165) is 11.2 Å². The number of imidazole rings is 1. The molecule has 1 aromatic carbocycles. The van der Waals surface area contributed by atoms with Crippen LogP contribution in [0, 0.1) is 12.7 Å². The molecule has 108 valence electrons. The van der Waals surface area contributed by atoms with E-state index in [1.807, 2.05) is 17.7 Å². The fourth-order valence-corrected chi connectivity index (χ4v) is 2.42. The first kappa shape index (κ1) is 12.6. The van der Waals surface area contributed by atoms with E-state index in [0.29, 0.717) is 17.2 Å². The van der Waals surface area contributed by atoms with Crippen molar-refractivity contribution in [1.29, 1.82) is 0 Å². The fourth-order valence-electron chi connectivity index (χ4n) is 2.42. The van der Waals surface area contributed by atoms with Crippen molar-refractivity contribution >= 4 is 11.0 Å². The van der Waals surface area contributed by atoms with Gasteiger partial charge in [0.05, 0.1) is 17.3 Å². The van der Waals surface area contributed by atoms with Crippen LogP contribution in [0.25, 0.3) is 22.5 Å². The summed E-state index contributed by atoms with van der Waals surface area (Å²) in [6, 6.07) is 6.22. The molecule has 4 aromatic rings. The molecule has 0 saturated heterocycles. The van der Waals surface area contributed by atoms with Crippen molar-refractivity contribution in [3.05, 3.63) is 60.8 Å². The number of fused-ring (bicyclic) bond motifs is 1. The standard InChI is InChI=1S/C15H11FN6/c1-10-17-5-6-21(10)14-13-8-20-22(15(13)19-9-18-14)12-4-2-3-11(16)7-12/h2-9H,1H3. The molecule has 0 aliphatic rings. The summed E-state index contributed by atoms with van der Waals surface area (Å²) in [7, 11) is 0. The van der Waals surface area contributed by atoms with Gasteiger partial charge < -0.3 is 0 Å². The van der Waals surface area contributed by atoms with Crippen LogP contribution in [-0.2, 0) is 0 Å². The van der Waals surface area contributed by atoms with Crippen LogP contribution in [0.1, 0.15) is 5.82 Å². The molecule has 0 aliphatic carbocycles. The van der Waals surface area contributed by atoms with Crippen LogP contribution in [-0.4, -0.2) is 29.3 Å². The normalized spacial score (nSPS) is 11.2. The van der Waals surface area contributed by atoms with Gasteiger partial charge in [0, 0.05) is 12.4 Å². The molecule has 0 atom stereocenters. The zero-order valence-electron chi connectivity index (χ0n) is 11.7. The second kappa shape index (κ2) is 4.73. The summed E-state index contributed by atoms with van der Waals surface area (Å²) in [4.78, 5) is 12.8. The van der Waals surface area contributed by atoms with Gasteiger partial charge in [-0.25, -0.2) is 24.0 Å². The molecular weight excluding hydrogens is 283 g/mol. The summed E-state index contributed by atoms with van der Waals surface area (Å²) in [5.74, 6) is 1.20. The Kier molecular flexibility index (Phi) is 2.72. The van der Waals surface area contributed by atoms with Crippen molar-refractivity contribution in [2.24, 2.45) is 0 Å². The minimum absolute atomic E-state index is 0.319. The largest absolute Gasteiger partial charge is 0.287 e. The van der Waals surface area contributed by atoms with Gasteiger partial charge in [-0.05, 0) is 25.1 Å². The minimum atomic E-state index is -0.319. The molecule has 0 saturated carbocycles. The van der Waals surface area contributed by atoms with Gasteiger partial charge in [-0.1, -0.05) is 6.07 Å². The zero-order chi connectivity index (χ0) is 15.1. The van der Waals surface area contributed by atoms with E-state index < -0.39 is 0 Å². The van der Waals surface area contributed by atoms with Gasteiger partial charge in [-0.3, -0.25) is 4.57 Å². The average Bonchev–Trinajstić information content (AvgIpc) is 3.13. The van der Waals surface area contributed by atoms with Crippen molar-refractivity contribution < 1.29 is 4.39 Å². The Hall–Kier alpha value is -3.09. The Morgan fingerprint density at radius 1 is 1.14 bits per heavy atom. The highest BCUT2D eigenvalue weighted by Gasteiger charge is 2.13. The van der Waals surface area contributed by atoms with Crippen molar-refractivity contribution in [3.63, 3.8) is 0 Å². The SMILES string of the molecule is Cc1nccn1-c1ncnc2c1cnn2-c1cccc(F)c1. The maximum atomic E-state index is 13.4. The molecule has 0 unspecified atom stereocenters. The number of nitrogens with zero attached hydrogens (tertiary/aromatic N) is 6. The summed E-state index contributed by atoms with van der Waals surface area (Å²) in [5, 5.41) is 5.09. The Morgan fingerprint density at radius 3 is 2.82 bits per heavy atom. The van der Waals surface area contributed by atoms with E-state index in [1.165, 1.54) is 18.5 Å². The second-order valence-corrected chi connectivity index (χ2v) is 4.82. The summed E-state index contributed by atoms with van der Waals surface area (Å²) < 4.78 is 16.9. The van der Waals surface area contributed by atoms with Crippen LogP contribution < -0.4 is 0 Å². The third-order valence-corrected chi connectivity index (χ3v) is 3.45. The molecule has 3 aromatic heterocycles. The van der Waals surface area contributed by atoms with Crippen LogP contribution in [0.5, 0.6) is 0 Å². The predicted molar refractivity (Wildman–Crippen MR) is 78.5 cm³/mol. The Labute approximate surface area is 124 Å². The number of rotatable bonds is 2. The van der Waals surface area contributed by atoms with Crippen molar-refractivity contribution in [1.82, 2.24) is 29.3 Å². The molecule has 0 fully saturated rings. The third-order valence-electron chi connectivity index (χ3n) is 3.45. The van der Waals surface area contributed by atoms with Gasteiger partial charge in [0.1, 0.15) is 18.0 Å². The van der Waals surface area contributed by atoms with Crippen LogP contribution in [0.2, 0.25) is 0 Å². The highest BCUT2D eigenvalue weighted by molar-refractivity contribution is 5.83. The van der Waals surface area contributed by atoms with Gasteiger partial charge in [0.25, 0.3) is 0 Å². The van der Waals surface area contributed by atoms with E-state index in [9.17, 15) is 4.39 Å². The number of hydrogen-bond acceptors (Lipinski definition) is 4. The summed E-state index contributed by atoms with van der Waals surface area (Å²) in [6.45, 7) is 1.89. The Balaban J connectivity index is 1.96. The Morgan fingerprint density at radius 2 is 2.05 bits per heavy atom. The number of benzene rings is 1. The first-order valence-corrected chi connectivity index (χ1v) is 6.69.